The van der Waals surface area contributed by atoms with E-state index < -0.39 is 11.9 Å². The first kappa shape index (κ1) is 14.9. The maximum atomic E-state index is 11.6. The molecule has 0 unspecified atom stereocenters. The predicted octanol–water partition coefficient (Wildman–Crippen LogP) is 2.09. The third-order valence-corrected chi connectivity index (χ3v) is 2.96. The van der Waals surface area contributed by atoms with Crippen molar-refractivity contribution >= 4 is 22.8 Å². The molecule has 0 spiro atoms. The number of rotatable bonds is 5. The summed E-state index contributed by atoms with van der Waals surface area (Å²) >= 11 is 0. The Bertz CT molecular complexity index is 688. The van der Waals surface area contributed by atoms with Gasteiger partial charge in [0, 0.05) is 10.9 Å². The molecule has 21 heavy (non-hydrogen) atoms. The van der Waals surface area contributed by atoms with Crippen molar-refractivity contribution in [1.29, 1.82) is 0 Å². The van der Waals surface area contributed by atoms with Crippen LogP contribution in [0.25, 0.3) is 10.9 Å². The van der Waals surface area contributed by atoms with E-state index in [-0.39, 0.29) is 0 Å². The molecule has 1 amide bonds. The number of nitrogens with one attached hydrogen (secondary N) is 1. The van der Waals surface area contributed by atoms with Gasteiger partial charge in [-0.1, -0.05) is 13.8 Å². The Morgan fingerprint density at radius 2 is 2.00 bits per heavy atom. The monoisotopic (exact) mass is 290 g/mol. The molecule has 1 heterocycles. The number of benzene rings is 1. The van der Waals surface area contributed by atoms with Crippen LogP contribution in [0.15, 0.2) is 18.2 Å². The summed E-state index contributed by atoms with van der Waals surface area (Å²) in [5.74, 6) is -0.195. The van der Waals surface area contributed by atoms with E-state index in [0.29, 0.717) is 40.4 Å². The van der Waals surface area contributed by atoms with Crippen molar-refractivity contribution in [2.45, 2.75) is 13.8 Å². The summed E-state index contributed by atoms with van der Waals surface area (Å²) in [5, 5.41) is 0.709. The van der Waals surface area contributed by atoms with Gasteiger partial charge >= 0.3 is 5.97 Å². The molecule has 112 valence electrons. The van der Waals surface area contributed by atoms with Crippen LogP contribution in [0.2, 0.25) is 0 Å². The second-order valence-electron chi connectivity index (χ2n) is 5.18. The number of carbonyl (C=O) groups excluding carboxylic acids is 2. The lowest BCUT2D eigenvalue weighted by atomic mass is 10.1. The lowest BCUT2D eigenvalue weighted by molar-refractivity contribution is 0.0595. The molecule has 1 aromatic carbocycles. The van der Waals surface area contributed by atoms with E-state index in [1.165, 1.54) is 7.11 Å². The summed E-state index contributed by atoms with van der Waals surface area (Å²) in [5.41, 5.74) is 6.54. The Hall–Kier alpha value is -2.50. The standard InChI is InChI=1S/C15H18N2O4/c1-8(2)7-21-13-5-9(14(16)18)4-11-10(13)6-12(17-11)15(19)20-3/h4-6,8,17H,7H2,1-3H3,(H2,16,18). The highest BCUT2D eigenvalue weighted by Gasteiger charge is 2.15. The van der Waals surface area contributed by atoms with Crippen LogP contribution >= 0.6 is 0 Å². The first-order valence-corrected chi connectivity index (χ1v) is 6.60. The second-order valence-corrected chi connectivity index (χ2v) is 5.18. The van der Waals surface area contributed by atoms with Gasteiger partial charge in [-0.3, -0.25) is 4.79 Å². The number of hydrogen-bond donors (Lipinski definition) is 2. The highest BCUT2D eigenvalue weighted by atomic mass is 16.5. The van der Waals surface area contributed by atoms with Gasteiger partial charge in [0.2, 0.25) is 5.91 Å². The molecular weight excluding hydrogens is 272 g/mol. The van der Waals surface area contributed by atoms with Gasteiger partial charge in [0.1, 0.15) is 11.4 Å². The average Bonchev–Trinajstić information content (AvgIpc) is 2.87. The van der Waals surface area contributed by atoms with E-state index in [1.54, 1.807) is 18.2 Å². The summed E-state index contributed by atoms with van der Waals surface area (Å²) in [6.07, 6.45) is 0. The molecule has 2 aromatic rings. The summed E-state index contributed by atoms with van der Waals surface area (Å²) < 4.78 is 10.4. The quantitative estimate of drug-likeness (QED) is 0.824. The van der Waals surface area contributed by atoms with Crippen molar-refractivity contribution in [2.24, 2.45) is 11.7 Å². The molecule has 2 rings (SSSR count). The summed E-state index contributed by atoms with van der Waals surface area (Å²) in [4.78, 5) is 25.9. The van der Waals surface area contributed by atoms with Crippen LogP contribution in [-0.2, 0) is 4.74 Å². The fraction of sp³-hybridized carbons (Fsp3) is 0.333. The molecule has 0 fully saturated rings. The molecule has 3 N–H and O–H groups in total. The molecule has 0 atom stereocenters. The molecular formula is C15H18N2O4. The number of carbonyl (C=O) groups is 2. The topological polar surface area (TPSA) is 94.4 Å². The van der Waals surface area contributed by atoms with Crippen molar-refractivity contribution in [3.63, 3.8) is 0 Å². The van der Waals surface area contributed by atoms with Crippen molar-refractivity contribution in [2.75, 3.05) is 13.7 Å². The third kappa shape index (κ3) is 3.16. The van der Waals surface area contributed by atoms with Crippen molar-refractivity contribution in [3.05, 3.63) is 29.5 Å². The Morgan fingerprint density at radius 1 is 1.29 bits per heavy atom. The van der Waals surface area contributed by atoms with E-state index in [4.69, 9.17) is 10.5 Å². The smallest absolute Gasteiger partial charge is 0.354 e. The Labute approximate surface area is 122 Å². The van der Waals surface area contributed by atoms with Gasteiger partial charge in [0.15, 0.2) is 0 Å². The fourth-order valence-electron chi connectivity index (χ4n) is 1.94. The van der Waals surface area contributed by atoms with Crippen LogP contribution in [0.4, 0.5) is 0 Å². The van der Waals surface area contributed by atoms with Gasteiger partial charge in [0.05, 0.1) is 19.2 Å². The lowest BCUT2D eigenvalue weighted by Gasteiger charge is -2.10. The Morgan fingerprint density at radius 3 is 2.57 bits per heavy atom. The van der Waals surface area contributed by atoms with Crippen molar-refractivity contribution < 1.29 is 19.1 Å². The van der Waals surface area contributed by atoms with Gasteiger partial charge in [-0.2, -0.15) is 0 Å². The number of aromatic nitrogens is 1. The number of methoxy groups -OCH3 is 1. The minimum absolute atomic E-state index is 0.295. The molecule has 0 aliphatic rings. The number of aromatic amines is 1. The predicted molar refractivity (Wildman–Crippen MR) is 78.5 cm³/mol. The molecule has 0 aliphatic heterocycles. The molecule has 6 heteroatoms. The van der Waals surface area contributed by atoms with Crippen LogP contribution in [0.3, 0.4) is 0 Å². The zero-order valence-corrected chi connectivity index (χ0v) is 12.2. The first-order chi connectivity index (χ1) is 9.92. The highest BCUT2D eigenvalue weighted by molar-refractivity contribution is 6.02. The number of fused-ring (bicyclic) bond motifs is 1. The molecule has 0 radical (unpaired) electrons. The van der Waals surface area contributed by atoms with Gasteiger partial charge in [-0.05, 0) is 24.1 Å². The van der Waals surface area contributed by atoms with Crippen LogP contribution in [0, 0.1) is 5.92 Å². The molecule has 1 aromatic heterocycles. The first-order valence-electron chi connectivity index (χ1n) is 6.60. The summed E-state index contributed by atoms with van der Waals surface area (Å²) in [7, 11) is 1.30. The largest absolute Gasteiger partial charge is 0.493 e. The molecule has 0 saturated heterocycles. The van der Waals surface area contributed by atoms with Gasteiger partial charge < -0.3 is 20.2 Å². The van der Waals surface area contributed by atoms with Gasteiger partial charge in [-0.15, -0.1) is 0 Å². The number of primary amides is 1. The minimum Gasteiger partial charge on any atom is -0.493 e. The van der Waals surface area contributed by atoms with Crippen LogP contribution < -0.4 is 10.5 Å². The van der Waals surface area contributed by atoms with Gasteiger partial charge in [0.25, 0.3) is 0 Å². The number of H-pyrrole nitrogens is 1. The average molecular weight is 290 g/mol. The third-order valence-electron chi connectivity index (χ3n) is 2.96. The van der Waals surface area contributed by atoms with Crippen molar-refractivity contribution in [1.82, 2.24) is 4.98 Å². The number of nitrogens with two attached hydrogens (primary N) is 1. The minimum atomic E-state index is -0.555. The van der Waals surface area contributed by atoms with E-state index in [9.17, 15) is 9.59 Å². The second kappa shape index (κ2) is 5.87. The SMILES string of the molecule is COC(=O)c1cc2c(OCC(C)C)cc(C(N)=O)cc2[nH]1. The number of ether oxygens (including phenoxy) is 2. The molecule has 6 nitrogen and oxygen atoms in total. The number of hydrogen-bond acceptors (Lipinski definition) is 4. The molecule has 0 bridgehead atoms. The van der Waals surface area contributed by atoms with Crippen LogP contribution in [0.5, 0.6) is 5.75 Å². The van der Waals surface area contributed by atoms with Gasteiger partial charge in [-0.25, -0.2) is 4.79 Å². The maximum Gasteiger partial charge on any atom is 0.354 e. The maximum absolute atomic E-state index is 11.6. The van der Waals surface area contributed by atoms with E-state index in [1.807, 2.05) is 13.8 Å². The number of amides is 1. The summed E-state index contributed by atoms with van der Waals surface area (Å²) in [6, 6.07) is 4.82. The molecule has 0 aliphatic carbocycles. The fourth-order valence-corrected chi connectivity index (χ4v) is 1.94. The van der Waals surface area contributed by atoms with E-state index >= 15 is 0 Å². The number of esters is 1. The van der Waals surface area contributed by atoms with E-state index in [0.717, 1.165) is 0 Å². The normalized spacial score (nSPS) is 10.9. The van der Waals surface area contributed by atoms with Crippen LogP contribution in [-0.4, -0.2) is 30.6 Å². The summed E-state index contributed by atoms with van der Waals surface area (Å²) in [6.45, 7) is 4.54. The van der Waals surface area contributed by atoms with Crippen LogP contribution in [0.1, 0.15) is 34.7 Å². The highest BCUT2D eigenvalue weighted by Crippen LogP contribution is 2.29. The molecule has 0 saturated carbocycles. The Kier molecular flexibility index (Phi) is 4.16. The Balaban J connectivity index is 2.53. The van der Waals surface area contributed by atoms with Crippen molar-refractivity contribution in [3.8, 4) is 5.75 Å². The zero-order valence-electron chi connectivity index (χ0n) is 12.2. The zero-order chi connectivity index (χ0) is 15.6. The van der Waals surface area contributed by atoms with E-state index in [2.05, 4.69) is 9.72 Å². The lowest BCUT2D eigenvalue weighted by Crippen LogP contribution is -2.11.